The van der Waals surface area contributed by atoms with Crippen LogP contribution in [0.25, 0.3) is 0 Å². The fourth-order valence-corrected chi connectivity index (χ4v) is 2.57. The van der Waals surface area contributed by atoms with Crippen molar-refractivity contribution in [2.24, 2.45) is 0 Å². The zero-order valence-electron chi connectivity index (χ0n) is 12.4. The monoisotopic (exact) mass is 286 g/mol. The molecular formula is C15H22N6. The van der Waals surface area contributed by atoms with Crippen LogP contribution in [0.5, 0.6) is 0 Å². The van der Waals surface area contributed by atoms with Crippen LogP contribution < -0.4 is 10.2 Å². The molecule has 0 radical (unpaired) electrons. The number of aromatic nitrogens is 4. The Hall–Kier alpha value is -1.95. The summed E-state index contributed by atoms with van der Waals surface area (Å²) in [5.41, 5.74) is 1.12. The Morgan fingerprint density at radius 2 is 2.00 bits per heavy atom. The van der Waals surface area contributed by atoms with Gasteiger partial charge in [0.05, 0.1) is 6.54 Å². The van der Waals surface area contributed by atoms with Crippen LogP contribution in [0.2, 0.25) is 0 Å². The second-order valence-corrected chi connectivity index (χ2v) is 5.60. The maximum atomic E-state index is 4.47. The minimum atomic E-state index is 0.350. The number of nitrogens with one attached hydrogen (secondary N) is 1. The Morgan fingerprint density at radius 3 is 2.67 bits per heavy atom. The van der Waals surface area contributed by atoms with E-state index in [0.29, 0.717) is 6.04 Å². The molecule has 1 fully saturated rings. The van der Waals surface area contributed by atoms with Gasteiger partial charge in [-0.15, -0.1) is 0 Å². The lowest BCUT2D eigenvalue weighted by atomic mass is 10.3. The Labute approximate surface area is 125 Å². The molecule has 2 aromatic rings. The molecule has 0 aliphatic carbocycles. The SMILES string of the molecule is CC(Cn1cccn1)NCc1cnc(N2CCCC2)nc1. The maximum Gasteiger partial charge on any atom is 0.225 e. The highest BCUT2D eigenvalue weighted by Crippen LogP contribution is 2.14. The molecule has 0 bridgehead atoms. The third kappa shape index (κ3) is 3.78. The predicted molar refractivity (Wildman–Crippen MR) is 82.0 cm³/mol. The third-order valence-electron chi connectivity index (χ3n) is 3.76. The number of hydrogen-bond donors (Lipinski definition) is 1. The third-order valence-corrected chi connectivity index (χ3v) is 3.76. The molecule has 0 saturated carbocycles. The van der Waals surface area contributed by atoms with E-state index in [1.165, 1.54) is 12.8 Å². The molecule has 1 atom stereocenters. The number of rotatable bonds is 6. The van der Waals surface area contributed by atoms with E-state index >= 15 is 0 Å². The minimum absolute atomic E-state index is 0.350. The average molecular weight is 286 g/mol. The first kappa shape index (κ1) is 14.0. The van der Waals surface area contributed by atoms with Crippen LogP contribution in [0.4, 0.5) is 5.95 Å². The van der Waals surface area contributed by atoms with Gasteiger partial charge in [0, 0.05) is 56.0 Å². The largest absolute Gasteiger partial charge is 0.341 e. The van der Waals surface area contributed by atoms with Crippen molar-refractivity contribution in [1.29, 1.82) is 0 Å². The molecule has 1 saturated heterocycles. The second kappa shape index (κ2) is 6.67. The van der Waals surface area contributed by atoms with E-state index < -0.39 is 0 Å². The molecule has 21 heavy (non-hydrogen) atoms. The Balaban J connectivity index is 1.48. The van der Waals surface area contributed by atoms with Gasteiger partial charge < -0.3 is 10.2 Å². The molecule has 6 nitrogen and oxygen atoms in total. The van der Waals surface area contributed by atoms with E-state index in [1.807, 2.05) is 29.3 Å². The molecule has 1 aliphatic rings. The number of nitrogens with zero attached hydrogens (tertiary/aromatic N) is 5. The molecule has 6 heteroatoms. The van der Waals surface area contributed by atoms with Crippen molar-refractivity contribution in [2.75, 3.05) is 18.0 Å². The summed E-state index contributed by atoms with van der Waals surface area (Å²) in [6.07, 6.45) is 10.1. The van der Waals surface area contributed by atoms with Gasteiger partial charge >= 0.3 is 0 Å². The van der Waals surface area contributed by atoms with E-state index in [4.69, 9.17) is 0 Å². The minimum Gasteiger partial charge on any atom is -0.341 e. The Morgan fingerprint density at radius 1 is 1.24 bits per heavy atom. The van der Waals surface area contributed by atoms with Gasteiger partial charge in [0.15, 0.2) is 0 Å². The number of hydrogen-bond acceptors (Lipinski definition) is 5. The summed E-state index contributed by atoms with van der Waals surface area (Å²) in [4.78, 5) is 11.2. The zero-order chi connectivity index (χ0) is 14.5. The molecule has 0 spiro atoms. The first-order valence-corrected chi connectivity index (χ1v) is 7.58. The van der Waals surface area contributed by atoms with Crippen LogP contribution >= 0.6 is 0 Å². The summed E-state index contributed by atoms with van der Waals surface area (Å²) in [7, 11) is 0. The van der Waals surface area contributed by atoms with Crippen molar-refractivity contribution in [3.05, 3.63) is 36.4 Å². The van der Waals surface area contributed by atoms with Gasteiger partial charge in [-0.2, -0.15) is 5.10 Å². The molecule has 0 amide bonds. The molecular weight excluding hydrogens is 264 g/mol. The van der Waals surface area contributed by atoms with Gasteiger partial charge in [-0.05, 0) is 25.8 Å². The lowest BCUT2D eigenvalue weighted by Crippen LogP contribution is -2.30. The summed E-state index contributed by atoms with van der Waals surface area (Å²) in [6, 6.07) is 2.29. The fraction of sp³-hybridized carbons (Fsp3) is 0.533. The standard InChI is InChI=1S/C15H22N6/c1-13(12-21-8-4-5-19-21)16-9-14-10-17-15(18-11-14)20-6-2-3-7-20/h4-5,8,10-11,13,16H,2-3,6-7,9,12H2,1H3. The van der Waals surface area contributed by atoms with E-state index in [0.717, 1.165) is 37.7 Å². The molecule has 3 rings (SSSR count). The molecule has 3 heterocycles. The normalized spacial score (nSPS) is 16.3. The zero-order valence-corrected chi connectivity index (χ0v) is 12.4. The second-order valence-electron chi connectivity index (χ2n) is 5.60. The van der Waals surface area contributed by atoms with Crippen molar-refractivity contribution >= 4 is 5.95 Å². The highest BCUT2D eigenvalue weighted by Gasteiger charge is 2.14. The van der Waals surface area contributed by atoms with Gasteiger partial charge in [0.1, 0.15) is 0 Å². The van der Waals surface area contributed by atoms with Crippen LogP contribution in [0.1, 0.15) is 25.3 Å². The highest BCUT2D eigenvalue weighted by atomic mass is 15.3. The molecule has 1 N–H and O–H groups in total. The van der Waals surface area contributed by atoms with Crippen molar-refractivity contribution in [2.45, 2.75) is 38.9 Å². The summed E-state index contributed by atoms with van der Waals surface area (Å²) < 4.78 is 1.94. The van der Waals surface area contributed by atoms with Crippen molar-refractivity contribution < 1.29 is 0 Å². The summed E-state index contributed by atoms with van der Waals surface area (Å²) in [6.45, 7) is 5.96. The van der Waals surface area contributed by atoms with Gasteiger partial charge in [0.2, 0.25) is 5.95 Å². The Bertz CT molecular complexity index is 530. The van der Waals surface area contributed by atoms with Crippen molar-refractivity contribution in [3.8, 4) is 0 Å². The smallest absolute Gasteiger partial charge is 0.225 e. The maximum absolute atomic E-state index is 4.47. The van der Waals surface area contributed by atoms with E-state index in [9.17, 15) is 0 Å². The van der Waals surface area contributed by atoms with Crippen LogP contribution in [0, 0.1) is 0 Å². The van der Waals surface area contributed by atoms with Gasteiger partial charge in [-0.25, -0.2) is 9.97 Å². The lowest BCUT2D eigenvalue weighted by molar-refractivity contribution is 0.450. The van der Waals surface area contributed by atoms with Gasteiger partial charge in [-0.1, -0.05) is 0 Å². The first-order chi connectivity index (χ1) is 10.3. The van der Waals surface area contributed by atoms with E-state index in [1.54, 1.807) is 6.20 Å². The van der Waals surface area contributed by atoms with E-state index in [-0.39, 0.29) is 0 Å². The fourth-order valence-electron chi connectivity index (χ4n) is 2.57. The predicted octanol–water partition coefficient (Wildman–Crippen LogP) is 1.45. The lowest BCUT2D eigenvalue weighted by Gasteiger charge is -2.16. The molecule has 0 aromatic carbocycles. The average Bonchev–Trinajstić information content (AvgIpc) is 3.19. The van der Waals surface area contributed by atoms with E-state index in [2.05, 4.69) is 32.2 Å². The first-order valence-electron chi connectivity index (χ1n) is 7.58. The van der Waals surface area contributed by atoms with Gasteiger partial charge in [-0.3, -0.25) is 4.68 Å². The topological polar surface area (TPSA) is 58.9 Å². The van der Waals surface area contributed by atoms with Crippen LogP contribution in [0.3, 0.4) is 0 Å². The molecule has 1 unspecified atom stereocenters. The summed E-state index contributed by atoms with van der Waals surface area (Å²) >= 11 is 0. The van der Waals surface area contributed by atoms with Crippen LogP contribution in [0.15, 0.2) is 30.9 Å². The number of anilines is 1. The molecule has 1 aliphatic heterocycles. The van der Waals surface area contributed by atoms with Gasteiger partial charge in [0.25, 0.3) is 0 Å². The van der Waals surface area contributed by atoms with Crippen LogP contribution in [-0.2, 0) is 13.1 Å². The highest BCUT2D eigenvalue weighted by molar-refractivity contribution is 5.30. The van der Waals surface area contributed by atoms with Crippen molar-refractivity contribution in [3.63, 3.8) is 0 Å². The summed E-state index contributed by atoms with van der Waals surface area (Å²) in [5.74, 6) is 0.862. The molecule has 112 valence electrons. The summed E-state index contributed by atoms with van der Waals surface area (Å²) in [5, 5.41) is 7.69. The Kier molecular flexibility index (Phi) is 4.45. The molecule has 2 aromatic heterocycles. The van der Waals surface area contributed by atoms with Crippen LogP contribution in [-0.4, -0.2) is 38.9 Å². The van der Waals surface area contributed by atoms with Crippen molar-refractivity contribution in [1.82, 2.24) is 25.1 Å². The quantitative estimate of drug-likeness (QED) is 0.871.